The number of nitrogens with zero attached hydrogens (tertiary/aromatic N) is 2. The number of alkyl halides is 2. The maximum atomic E-state index is 13.2. The smallest absolute Gasteiger partial charge is 0.255 e. The summed E-state index contributed by atoms with van der Waals surface area (Å²) in [5, 5.41) is 9.52. The molecular formula is C22H21ClF2N6O2. The van der Waals surface area contributed by atoms with Crippen LogP contribution in [0.5, 0.6) is 5.75 Å². The second kappa shape index (κ2) is 8.18. The second-order valence-electron chi connectivity index (χ2n) is 8.05. The first-order chi connectivity index (χ1) is 15.8. The number of hydrogen-bond donors (Lipinski definition) is 4. The number of aromatic nitrogens is 3. The number of H-pyrrole nitrogens is 1. The number of carbonyl (C=O) groups is 1. The molecule has 4 N–H and O–H groups in total. The summed E-state index contributed by atoms with van der Waals surface area (Å²) in [6.07, 6.45) is 1.67. The first-order valence-electron chi connectivity index (χ1n) is 10.4. The number of benzene rings is 1. The van der Waals surface area contributed by atoms with Gasteiger partial charge in [0.05, 0.1) is 40.5 Å². The van der Waals surface area contributed by atoms with Gasteiger partial charge in [-0.3, -0.25) is 4.79 Å². The minimum absolute atomic E-state index is 0.216. The normalized spacial score (nSPS) is 17.0. The molecule has 5 rings (SSSR count). The van der Waals surface area contributed by atoms with Gasteiger partial charge >= 0.3 is 0 Å². The van der Waals surface area contributed by atoms with Crippen LogP contribution in [-0.4, -0.2) is 46.5 Å². The number of amides is 1. The molecule has 0 radical (unpaired) electrons. The average Bonchev–Trinajstić information content (AvgIpc) is 3.12. The van der Waals surface area contributed by atoms with Gasteiger partial charge in [-0.1, -0.05) is 17.7 Å². The topological polar surface area (TPSA) is 104 Å². The summed E-state index contributed by atoms with van der Waals surface area (Å²) < 4.78 is 31.8. The van der Waals surface area contributed by atoms with Gasteiger partial charge in [0, 0.05) is 43.7 Å². The predicted octanol–water partition coefficient (Wildman–Crippen LogP) is 4.37. The van der Waals surface area contributed by atoms with E-state index in [9.17, 15) is 13.6 Å². The molecule has 0 unspecified atom stereocenters. The SMILES string of the molecule is COc1c(Cl)cccc1Nc1c(-c2ccnc(NC3CC(F)(F)C3)n2)[nH]c2c1C(=O)NCC2. The van der Waals surface area contributed by atoms with Crippen molar-refractivity contribution in [1.29, 1.82) is 0 Å². The van der Waals surface area contributed by atoms with Gasteiger partial charge in [-0.2, -0.15) is 0 Å². The van der Waals surface area contributed by atoms with E-state index in [-0.39, 0.29) is 30.7 Å². The highest BCUT2D eigenvalue weighted by molar-refractivity contribution is 6.32. The Balaban J connectivity index is 1.54. The van der Waals surface area contributed by atoms with Crippen molar-refractivity contribution in [2.45, 2.75) is 31.2 Å². The lowest BCUT2D eigenvalue weighted by Crippen LogP contribution is -2.44. The van der Waals surface area contributed by atoms with Crippen LogP contribution in [-0.2, 0) is 6.42 Å². The number of nitrogens with one attached hydrogen (secondary N) is 4. The Morgan fingerprint density at radius 2 is 2.09 bits per heavy atom. The van der Waals surface area contributed by atoms with Crippen LogP contribution in [0.25, 0.3) is 11.4 Å². The lowest BCUT2D eigenvalue weighted by molar-refractivity contribution is -0.0794. The number of para-hydroxylation sites is 1. The minimum Gasteiger partial charge on any atom is -0.493 e. The first kappa shape index (κ1) is 21.4. The van der Waals surface area contributed by atoms with Crippen molar-refractivity contribution < 1.29 is 18.3 Å². The van der Waals surface area contributed by atoms with Crippen molar-refractivity contribution in [1.82, 2.24) is 20.3 Å². The van der Waals surface area contributed by atoms with Gasteiger partial charge in [0.1, 0.15) is 0 Å². The number of rotatable bonds is 6. The second-order valence-corrected chi connectivity index (χ2v) is 8.46. The van der Waals surface area contributed by atoms with E-state index in [4.69, 9.17) is 16.3 Å². The van der Waals surface area contributed by atoms with Gasteiger partial charge in [0.25, 0.3) is 11.8 Å². The Morgan fingerprint density at radius 3 is 2.85 bits per heavy atom. The number of aromatic amines is 1. The van der Waals surface area contributed by atoms with Crippen LogP contribution in [0.3, 0.4) is 0 Å². The zero-order valence-electron chi connectivity index (χ0n) is 17.6. The van der Waals surface area contributed by atoms with Crippen molar-refractivity contribution in [3.8, 4) is 17.1 Å². The summed E-state index contributed by atoms with van der Waals surface area (Å²) in [5.74, 6) is -2.18. The first-order valence-corrected chi connectivity index (χ1v) is 10.8. The molecule has 172 valence electrons. The van der Waals surface area contributed by atoms with E-state index in [1.165, 1.54) is 7.11 Å². The van der Waals surface area contributed by atoms with Crippen LogP contribution >= 0.6 is 11.6 Å². The summed E-state index contributed by atoms with van der Waals surface area (Å²) in [4.78, 5) is 24.7. The van der Waals surface area contributed by atoms with Gasteiger partial charge in [0.2, 0.25) is 5.95 Å². The maximum Gasteiger partial charge on any atom is 0.255 e. The fourth-order valence-corrected chi connectivity index (χ4v) is 4.41. The van der Waals surface area contributed by atoms with Gasteiger partial charge in [-0.15, -0.1) is 0 Å². The molecule has 11 heteroatoms. The molecule has 2 aliphatic rings. The molecule has 3 aromatic rings. The molecule has 1 aliphatic carbocycles. The molecule has 8 nitrogen and oxygen atoms in total. The van der Waals surface area contributed by atoms with Gasteiger partial charge in [-0.05, 0) is 18.2 Å². The highest BCUT2D eigenvalue weighted by Gasteiger charge is 2.45. The van der Waals surface area contributed by atoms with Gasteiger partial charge < -0.3 is 25.7 Å². The van der Waals surface area contributed by atoms with Crippen molar-refractivity contribution >= 4 is 34.8 Å². The zero-order valence-corrected chi connectivity index (χ0v) is 18.4. The molecule has 1 aliphatic heterocycles. The Morgan fingerprint density at radius 1 is 1.27 bits per heavy atom. The minimum atomic E-state index is -2.64. The van der Waals surface area contributed by atoms with Crippen LogP contribution in [0.1, 0.15) is 28.9 Å². The standard InChI is InChI=1S/C22H21ClF2N6O2/c1-33-19-12(23)3-2-4-15(19)30-18-16-13(5-7-26-20(16)32)29-17(18)14-6-8-27-21(31-14)28-11-9-22(24,25)10-11/h2-4,6,8,11,29-30H,5,7,9-10H2,1H3,(H,26,32)(H,27,28,31). The van der Waals surface area contributed by atoms with Crippen molar-refractivity contribution in [2.75, 3.05) is 24.3 Å². The Kier molecular flexibility index (Phi) is 5.32. The van der Waals surface area contributed by atoms with Crippen LogP contribution in [0.15, 0.2) is 30.5 Å². The van der Waals surface area contributed by atoms with Crippen LogP contribution in [0, 0.1) is 0 Å². The number of halogens is 3. The molecule has 1 saturated carbocycles. The molecule has 3 heterocycles. The van der Waals surface area contributed by atoms with E-state index in [0.29, 0.717) is 52.1 Å². The van der Waals surface area contributed by atoms with Crippen molar-refractivity contribution in [2.24, 2.45) is 0 Å². The number of carbonyl (C=O) groups excluding carboxylic acids is 1. The molecule has 0 atom stereocenters. The predicted molar refractivity (Wildman–Crippen MR) is 121 cm³/mol. The number of ether oxygens (including phenoxy) is 1. The number of anilines is 3. The third kappa shape index (κ3) is 4.06. The van der Waals surface area contributed by atoms with E-state index in [1.54, 1.807) is 30.5 Å². The van der Waals surface area contributed by atoms with Gasteiger partial charge in [-0.25, -0.2) is 18.7 Å². The number of hydrogen-bond acceptors (Lipinski definition) is 6. The fraction of sp³-hybridized carbons (Fsp3) is 0.318. The molecule has 0 saturated heterocycles. The zero-order chi connectivity index (χ0) is 23.2. The maximum absolute atomic E-state index is 13.2. The molecule has 1 aromatic carbocycles. The van der Waals surface area contributed by atoms with Crippen LogP contribution < -0.4 is 20.7 Å². The third-order valence-electron chi connectivity index (χ3n) is 5.73. The summed E-state index contributed by atoms with van der Waals surface area (Å²) in [5.41, 5.74) is 3.42. The lowest BCUT2D eigenvalue weighted by atomic mass is 9.88. The highest BCUT2D eigenvalue weighted by Crippen LogP contribution is 2.41. The Hall–Kier alpha value is -3.40. The van der Waals surface area contributed by atoms with E-state index in [1.807, 2.05) is 0 Å². The molecule has 1 fully saturated rings. The number of methoxy groups -OCH3 is 1. The van der Waals surface area contributed by atoms with Crippen LogP contribution in [0.4, 0.5) is 26.1 Å². The highest BCUT2D eigenvalue weighted by atomic mass is 35.5. The molecule has 2 aromatic heterocycles. The quantitative estimate of drug-likeness (QED) is 0.423. The average molecular weight is 475 g/mol. The van der Waals surface area contributed by atoms with E-state index in [0.717, 1.165) is 5.69 Å². The van der Waals surface area contributed by atoms with Crippen molar-refractivity contribution in [3.05, 3.63) is 46.7 Å². The summed E-state index contributed by atoms with van der Waals surface area (Å²) in [6.45, 7) is 0.512. The van der Waals surface area contributed by atoms with Crippen LogP contribution in [0.2, 0.25) is 5.02 Å². The molecular weight excluding hydrogens is 454 g/mol. The lowest BCUT2D eigenvalue weighted by Gasteiger charge is -2.35. The molecule has 1 amide bonds. The summed E-state index contributed by atoms with van der Waals surface area (Å²) in [7, 11) is 1.51. The van der Waals surface area contributed by atoms with E-state index < -0.39 is 5.92 Å². The largest absolute Gasteiger partial charge is 0.493 e. The molecule has 0 bridgehead atoms. The number of fused-ring (bicyclic) bond motifs is 1. The Labute approximate surface area is 193 Å². The summed E-state index contributed by atoms with van der Waals surface area (Å²) in [6, 6.07) is 6.57. The van der Waals surface area contributed by atoms with Crippen molar-refractivity contribution in [3.63, 3.8) is 0 Å². The van der Waals surface area contributed by atoms with E-state index in [2.05, 4.69) is 30.9 Å². The third-order valence-corrected chi connectivity index (χ3v) is 6.03. The van der Waals surface area contributed by atoms with E-state index >= 15 is 0 Å². The molecule has 33 heavy (non-hydrogen) atoms. The fourth-order valence-electron chi connectivity index (χ4n) is 4.16. The summed E-state index contributed by atoms with van der Waals surface area (Å²) >= 11 is 6.27. The monoisotopic (exact) mass is 474 g/mol. The Bertz CT molecular complexity index is 1220. The van der Waals surface area contributed by atoms with Gasteiger partial charge in [0.15, 0.2) is 5.75 Å². The molecule has 0 spiro atoms.